The summed E-state index contributed by atoms with van der Waals surface area (Å²) in [6.45, 7) is 12.1. The number of Topliss-reactive ketones (excluding diaryl/α,β-unsaturated/α-hetero) is 1. The van der Waals surface area contributed by atoms with Crippen LogP contribution in [0.4, 0.5) is 0 Å². The van der Waals surface area contributed by atoms with Gasteiger partial charge in [0.15, 0.2) is 0 Å². The van der Waals surface area contributed by atoms with E-state index in [2.05, 4.69) is 22.6 Å². The number of aliphatic hydroxyl groups is 3. The number of esters is 1. The van der Waals surface area contributed by atoms with Gasteiger partial charge in [-0.2, -0.15) is 0 Å². The first-order valence-corrected chi connectivity index (χ1v) is 12.0. The quantitative estimate of drug-likeness (QED) is 0.172. The lowest BCUT2D eigenvalue weighted by molar-refractivity contribution is -0.154. The minimum atomic E-state index is -1.20. The SMILES string of the molecule is CC[C@H](OC(=O)C[C@H](O)C(C)(C)C(=O)[C@H](C)[C@@H](O)CCCCC(C)(C)O)/C(C)=C/I. The number of carbonyl (C=O) groups excluding carboxylic acids is 2. The van der Waals surface area contributed by atoms with Crippen molar-refractivity contribution in [2.75, 3.05) is 0 Å². The normalized spacial score (nSPS) is 17.2. The fourth-order valence-electron chi connectivity index (χ4n) is 3.28. The molecule has 0 aromatic carbocycles. The minimum absolute atomic E-state index is 0.280. The van der Waals surface area contributed by atoms with Crippen molar-refractivity contribution >= 4 is 34.3 Å². The Labute approximate surface area is 195 Å². The molecule has 0 aromatic heterocycles. The zero-order valence-corrected chi connectivity index (χ0v) is 21.7. The second-order valence-corrected chi connectivity index (χ2v) is 10.1. The summed E-state index contributed by atoms with van der Waals surface area (Å²) < 4.78 is 7.30. The lowest BCUT2D eigenvalue weighted by atomic mass is 9.74. The highest BCUT2D eigenvalue weighted by atomic mass is 127. The van der Waals surface area contributed by atoms with Crippen LogP contribution in [-0.4, -0.2) is 51.0 Å². The van der Waals surface area contributed by atoms with Crippen LogP contribution in [0.15, 0.2) is 9.66 Å². The van der Waals surface area contributed by atoms with Crippen molar-refractivity contribution in [3.8, 4) is 0 Å². The van der Waals surface area contributed by atoms with Crippen LogP contribution in [0.5, 0.6) is 0 Å². The van der Waals surface area contributed by atoms with Crippen LogP contribution in [0.2, 0.25) is 0 Å². The molecule has 0 amide bonds. The molecule has 0 aliphatic heterocycles. The van der Waals surface area contributed by atoms with Gasteiger partial charge in [-0.05, 0) is 49.7 Å². The van der Waals surface area contributed by atoms with E-state index in [1.54, 1.807) is 34.6 Å². The first-order valence-electron chi connectivity index (χ1n) is 10.8. The average Bonchev–Trinajstić information content (AvgIpc) is 2.66. The van der Waals surface area contributed by atoms with Crippen molar-refractivity contribution in [2.45, 2.75) is 111 Å². The standard InChI is InChI=1S/C23H41IO6/c1-8-18(15(2)14-24)30-20(27)13-19(26)23(6,7)21(28)16(3)17(25)11-9-10-12-22(4,5)29/h14,16-19,25-26,29H,8-13H2,1-7H3/b15-14+/t16-,17+,18+,19+/m1/s1. The molecular weight excluding hydrogens is 499 g/mol. The lowest BCUT2D eigenvalue weighted by Crippen LogP contribution is -2.44. The van der Waals surface area contributed by atoms with Gasteiger partial charge in [0, 0.05) is 5.92 Å². The molecule has 176 valence electrons. The summed E-state index contributed by atoms with van der Waals surface area (Å²) in [6, 6.07) is 0. The summed E-state index contributed by atoms with van der Waals surface area (Å²) in [6.07, 6.45) is 0.483. The van der Waals surface area contributed by atoms with Crippen molar-refractivity contribution in [1.82, 2.24) is 0 Å². The molecule has 4 atom stereocenters. The highest BCUT2D eigenvalue weighted by Gasteiger charge is 2.41. The number of hydrogen-bond acceptors (Lipinski definition) is 6. The number of ketones is 1. The average molecular weight is 540 g/mol. The van der Waals surface area contributed by atoms with Crippen LogP contribution in [0.3, 0.4) is 0 Å². The van der Waals surface area contributed by atoms with Gasteiger partial charge in [-0.3, -0.25) is 9.59 Å². The van der Waals surface area contributed by atoms with Gasteiger partial charge in [-0.1, -0.05) is 63.1 Å². The van der Waals surface area contributed by atoms with Crippen LogP contribution in [0.1, 0.15) is 87.0 Å². The first kappa shape index (κ1) is 29.5. The van der Waals surface area contributed by atoms with Gasteiger partial charge >= 0.3 is 5.97 Å². The third-order valence-corrected chi connectivity index (χ3v) is 6.66. The van der Waals surface area contributed by atoms with E-state index in [1.165, 1.54) is 0 Å². The molecular formula is C23H41IO6. The second kappa shape index (κ2) is 13.1. The number of carbonyl (C=O) groups is 2. The molecule has 0 saturated heterocycles. The zero-order chi connectivity index (χ0) is 23.7. The van der Waals surface area contributed by atoms with Crippen LogP contribution >= 0.6 is 22.6 Å². The molecule has 6 nitrogen and oxygen atoms in total. The van der Waals surface area contributed by atoms with Crippen molar-refractivity contribution in [2.24, 2.45) is 11.3 Å². The number of rotatable bonds is 14. The Morgan fingerprint density at radius 1 is 1.13 bits per heavy atom. The van der Waals surface area contributed by atoms with E-state index in [1.807, 2.05) is 17.9 Å². The molecule has 7 heteroatoms. The van der Waals surface area contributed by atoms with Crippen LogP contribution in [0, 0.1) is 11.3 Å². The summed E-state index contributed by atoms with van der Waals surface area (Å²) in [5.41, 5.74) is -1.00. The summed E-state index contributed by atoms with van der Waals surface area (Å²) in [5, 5.41) is 30.8. The molecule has 0 fully saturated rings. The molecule has 0 saturated carbocycles. The number of halogens is 1. The monoisotopic (exact) mass is 540 g/mol. The number of hydrogen-bond donors (Lipinski definition) is 3. The largest absolute Gasteiger partial charge is 0.458 e. The lowest BCUT2D eigenvalue weighted by Gasteiger charge is -2.33. The number of unbranched alkanes of at least 4 members (excludes halogenated alkanes) is 1. The van der Waals surface area contributed by atoms with Gasteiger partial charge in [-0.15, -0.1) is 0 Å². The Bertz CT molecular complexity index is 579. The molecule has 0 radical (unpaired) electrons. The predicted molar refractivity (Wildman–Crippen MR) is 127 cm³/mol. The minimum Gasteiger partial charge on any atom is -0.458 e. The third-order valence-electron chi connectivity index (χ3n) is 5.68. The fourth-order valence-corrected chi connectivity index (χ4v) is 3.68. The molecule has 30 heavy (non-hydrogen) atoms. The van der Waals surface area contributed by atoms with E-state index in [4.69, 9.17) is 4.74 Å². The number of aliphatic hydroxyl groups excluding tert-OH is 2. The van der Waals surface area contributed by atoms with Crippen LogP contribution in [0.25, 0.3) is 0 Å². The van der Waals surface area contributed by atoms with E-state index in [-0.39, 0.29) is 18.3 Å². The van der Waals surface area contributed by atoms with E-state index in [9.17, 15) is 24.9 Å². The van der Waals surface area contributed by atoms with E-state index in [0.717, 1.165) is 12.0 Å². The van der Waals surface area contributed by atoms with Crippen LogP contribution < -0.4 is 0 Å². The molecule has 0 rings (SSSR count). The van der Waals surface area contributed by atoms with Gasteiger partial charge in [-0.25, -0.2) is 0 Å². The topological polar surface area (TPSA) is 104 Å². The van der Waals surface area contributed by atoms with Crippen molar-refractivity contribution < 1.29 is 29.6 Å². The summed E-state index contributed by atoms with van der Waals surface area (Å²) in [5.74, 6) is -1.50. The molecule has 0 bridgehead atoms. The van der Waals surface area contributed by atoms with Crippen molar-refractivity contribution in [3.63, 3.8) is 0 Å². The maximum absolute atomic E-state index is 12.9. The maximum atomic E-state index is 12.9. The highest BCUT2D eigenvalue weighted by Crippen LogP contribution is 2.31. The maximum Gasteiger partial charge on any atom is 0.309 e. The van der Waals surface area contributed by atoms with Crippen molar-refractivity contribution in [1.29, 1.82) is 0 Å². The molecule has 0 spiro atoms. The van der Waals surface area contributed by atoms with E-state index >= 15 is 0 Å². The van der Waals surface area contributed by atoms with Gasteiger partial charge in [0.25, 0.3) is 0 Å². The molecule has 0 aliphatic carbocycles. The Balaban J connectivity index is 4.82. The van der Waals surface area contributed by atoms with Gasteiger partial charge < -0.3 is 20.1 Å². The smallest absolute Gasteiger partial charge is 0.309 e. The van der Waals surface area contributed by atoms with Gasteiger partial charge in [0.2, 0.25) is 0 Å². The summed E-state index contributed by atoms with van der Waals surface area (Å²) in [7, 11) is 0. The third kappa shape index (κ3) is 10.2. The molecule has 0 heterocycles. The van der Waals surface area contributed by atoms with E-state index in [0.29, 0.717) is 25.7 Å². The zero-order valence-electron chi connectivity index (χ0n) is 19.6. The Hall–Kier alpha value is -0.510. The molecule has 0 unspecified atom stereocenters. The predicted octanol–water partition coefficient (Wildman–Crippen LogP) is 4.32. The molecule has 3 N–H and O–H groups in total. The fraction of sp³-hybridized carbons (Fsp3) is 0.826. The van der Waals surface area contributed by atoms with Gasteiger partial charge in [0.1, 0.15) is 11.9 Å². The Kier molecular flexibility index (Phi) is 12.9. The first-order chi connectivity index (χ1) is 13.7. The second-order valence-electron chi connectivity index (χ2n) is 9.46. The number of ether oxygens (including phenoxy) is 1. The molecule has 0 aromatic rings. The van der Waals surface area contributed by atoms with Crippen LogP contribution in [-0.2, 0) is 14.3 Å². The Morgan fingerprint density at radius 3 is 2.17 bits per heavy atom. The van der Waals surface area contributed by atoms with E-state index < -0.39 is 35.1 Å². The van der Waals surface area contributed by atoms with Crippen molar-refractivity contribution in [3.05, 3.63) is 9.66 Å². The summed E-state index contributed by atoms with van der Waals surface area (Å²) >= 11 is 2.09. The highest BCUT2D eigenvalue weighted by molar-refractivity contribution is 14.1. The molecule has 0 aliphatic rings. The Morgan fingerprint density at radius 2 is 1.70 bits per heavy atom. The summed E-state index contributed by atoms with van der Waals surface area (Å²) in [4.78, 5) is 25.2. The van der Waals surface area contributed by atoms with Gasteiger partial charge in [0.05, 0.1) is 29.6 Å².